The molecule has 0 radical (unpaired) electrons. The number of methoxy groups -OCH3 is 1. The Morgan fingerprint density at radius 3 is 2.43 bits per heavy atom. The molecule has 114 valence electrons. The number of carbonyl (C=O) groups excluding carboxylic acids is 1. The molecule has 1 aliphatic rings. The maximum atomic E-state index is 12.4. The van der Waals surface area contributed by atoms with E-state index in [1.54, 1.807) is 19.1 Å². The molecule has 1 aromatic carbocycles. The fourth-order valence-electron chi connectivity index (χ4n) is 2.92. The lowest BCUT2D eigenvalue weighted by atomic mass is 9.95. The third-order valence-electron chi connectivity index (χ3n) is 4.11. The van der Waals surface area contributed by atoms with Gasteiger partial charge in [0, 0.05) is 13.6 Å². The quantitative estimate of drug-likeness (QED) is 0.902. The van der Waals surface area contributed by atoms with Crippen molar-refractivity contribution in [2.24, 2.45) is 11.8 Å². The van der Waals surface area contributed by atoms with E-state index in [1.807, 2.05) is 24.3 Å². The van der Waals surface area contributed by atoms with Crippen LogP contribution < -0.4 is 4.74 Å². The fourth-order valence-corrected chi connectivity index (χ4v) is 2.92. The molecule has 1 aliphatic carbocycles. The van der Waals surface area contributed by atoms with E-state index in [2.05, 4.69) is 0 Å². The van der Waals surface area contributed by atoms with Gasteiger partial charge >= 0.3 is 5.97 Å². The summed E-state index contributed by atoms with van der Waals surface area (Å²) in [6.45, 7) is 0.478. The van der Waals surface area contributed by atoms with Gasteiger partial charge in [0.05, 0.1) is 18.9 Å². The normalized spacial score (nSPS) is 21.0. The molecule has 2 atom stereocenters. The van der Waals surface area contributed by atoms with Gasteiger partial charge < -0.3 is 14.7 Å². The third-order valence-corrected chi connectivity index (χ3v) is 4.11. The van der Waals surface area contributed by atoms with Crippen LogP contribution in [-0.2, 0) is 16.1 Å². The van der Waals surface area contributed by atoms with Crippen molar-refractivity contribution in [3.05, 3.63) is 29.8 Å². The van der Waals surface area contributed by atoms with Gasteiger partial charge in [-0.15, -0.1) is 0 Å². The zero-order valence-electron chi connectivity index (χ0n) is 12.4. The molecule has 5 heteroatoms. The molecule has 0 aromatic heterocycles. The molecule has 1 N–H and O–H groups in total. The monoisotopic (exact) mass is 291 g/mol. The highest BCUT2D eigenvalue weighted by Gasteiger charge is 2.38. The number of nitrogens with zero attached hydrogens (tertiary/aromatic N) is 1. The zero-order chi connectivity index (χ0) is 15.4. The van der Waals surface area contributed by atoms with Crippen LogP contribution in [0, 0.1) is 11.8 Å². The number of hydrogen-bond acceptors (Lipinski definition) is 3. The molecule has 1 fully saturated rings. The first-order chi connectivity index (χ1) is 10.0. The van der Waals surface area contributed by atoms with Crippen LogP contribution in [0.2, 0.25) is 0 Å². The molecule has 0 spiro atoms. The summed E-state index contributed by atoms with van der Waals surface area (Å²) in [7, 11) is 3.33. The molecule has 0 unspecified atom stereocenters. The fraction of sp³-hybridized carbons (Fsp3) is 0.500. The third kappa shape index (κ3) is 3.54. The van der Waals surface area contributed by atoms with Crippen LogP contribution in [0.15, 0.2) is 24.3 Å². The van der Waals surface area contributed by atoms with Crippen LogP contribution in [0.25, 0.3) is 0 Å². The summed E-state index contributed by atoms with van der Waals surface area (Å²) in [6.07, 6.45) is 2.08. The van der Waals surface area contributed by atoms with Crippen LogP contribution in [0.3, 0.4) is 0 Å². The maximum absolute atomic E-state index is 12.4. The van der Waals surface area contributed by atoms with Crippen molar-refractivity contribution in [1.29, 1.82) is 0 Å². The molecule has 0 saturated heterocycles. The van der Waals surface area contributed by atoms with Gasteiger partial charge in [-0.05, 0) is 30.5 Å². The second-order valence-corrected chi connectivity index (χ2v) is 5.52. The summed E-state index contributed by atoms with van der Waals surface area (Å²) < 4.78 is 5.10. The van der Waals surface area contributed by atoms with Crippen LogP contribution in [-0.4, -0.2) is 36.0 Å². The minimum absolute atomic E-state index is 0.0734. The average Bonchev–Trinajstić information content (AvgIpc) is 2.96. The molecule has 0 aliphatic heterocycles. The molecular formula is C16H21NO4. The number of benzene rings is 1. The van der Waals surface area contributed by atoms with Crippen LogP contribution in [0.4, 0.5) is 0 Å². The summed E-state index contributed by atoms with van der Waals surface area (Å²) in [5.41, 5.74) is 0.997. The molecule has 0 heterocycles. The first kappa shape index (κ1) is 15.4. The molecule has 1 amide bonds. The summed E-state index contributed by atoms with van der Waals surface area (Å²) in [4.78, 5) is 25.2. The Kier molecular flexibility index (Phi) is 4.83. The van der Waals surface area contributed by atoms with E-state index in [0.29, 0.717) is 19.4 Å². The smallest absolute Gasteiger partial charge is 0.307 e. The Hall–Kier alpha value is -2.04. The van der Waals surface area contributed by atoms with Crippen LogP contribution in [0.5, 0.6) is 5.75 Å². The van der Waals surface area contributed by atoms with Crippen molar-refractivity contribution < 1.29 is 19.4 Å². The lowest BCUT2D eigenvalue weighted by molar-refractivity contribution is -0.148. The predicted octanol–water partition coefficient (Wildman–Crippen LogP) is 2.15. The molecular weight excluding hydrogens is 270 g/mol. The first-order valence-electron chi connectivity index (χ1n) is 7.13. The highest BCUT2D eigenvalue weighted by Crippen LogP contribution is 2.33. The molecule has 0 bridgehead atoms. The zero-order valence-corrected chi connectivity index (χ0v) is 12.4. The van der Waals surface area contributed by atoms with E-state index in [1.165, 1.54) is 0 Å². The largest absolute Gasteiger partial charge is 0.497 e. The average molecular weight is 291 g/mol. The standard InChI is InChI=1S/C16H21NO4/c1-17(10-11-6-8-12(21-2)9-7-11)15(18)13-4-3-5-14(13)16(19)20/h6-9,13-14H,3-5,10H2,1-2H3,(H,19,20)/t13-,14+/m1/s1. The van der Waals surface area contributed by atoms with Crippen LogP contribution >= 0.6 is 0 Å². The molecule has 2 rings (SSSR count). The Morgan fingerprint density at radius 2 is 1.86 bits per heavy atom. The van der Waals surface area contributed by atoms with Crippen molar-refractivity contribution in [2.45, 2.75) is 25.8 Å². The number of amides is 1. The number of hydrogen-bond donors (Lipinski definition) is 1. The van der Waals surface area contributed by atoms with E-state index in [-0.39, 0.29) is 11.8 Å². The Labute approximate surface area is 124 Å². The lowest BCUT2D eigenvalue weighted by Crippen LogP contribution is -2.36. The number of rotatable bonds is 5. The topological polar surface area (TPSA) is 66.8 Å². The second-order valence-electron chi connectivity index (χ2n) is 5.52. The number of ether oxygens (including phenoxy) is 1. The summed E-state index contributed by atoms with van der Waals surface area (Å²) in [5, 5.41) is 9.18. The van der Waals surface area contributed by atoms with E-state index in [9.17, 15) is 14.7 Å². The Bertz CT molecular complexity index is 512. The van der Waals surface area contributed by atoms with Gasteiger partial charge in [0.1, 0.15) is 5.75 Å². The SMILES string of the molecule is COc1ccc(CN(C)C(=O)[C@@H]2CCC[C@@H]2C(=O)O)cc1. The number of carbonyl (C=O) groups is 2. The van der Waals surface area contributed by atoms with Gasteiger partial charge in [-0.3, -0.25) is 9.59 Å². The number of carboxylic acid groups (broad SMARTS) is 1. The van der Waals surface area contributed by atoms with E-state index < -0.39 is 11.9 Å². The number of aliphatic carboxylic acids is 1. The van der Waals surface area contributed by atoms with E-state index in [0.717, 1.165) is 17.7 Å². The summed E-state index contributed by atoms with van der Waals surface area (Å²) >= 11 is 0. The van der Waals surface area contributed by atoms with Gasteiger partial charge in [0.15, 0.2) is 0 Å². The van der Waals surface area contributed by atoms with E-state index >= 15 is 0 Å². The molecule has 21 heavy (non-hydrogen) atoms. The van der Waals surface area contributed by atoms with Gasteiger partial charge in [0.25, 0.3) is 0 Å². The van der Waals surface area contributed by atoms with Crippen molar-refractivity contribution >= 4 is 11.9 Å². The van der Waals surface area contributed by atoms with Crippen molar-refractivity contribution in [3.63, 3.8) is 0 Å². The van der Waals surface area contributed by atoms with Crippen molar-refractivity contribution in [3.8, 4) is 5.75 Å². The van der Waals surface area contributed by atoms with Gasteiger partial charge in [-0.1, -0.05) is 18.6 Å². The molecule has 5 nitrogen and oxygen atoms in total. The van der Waals surface area contributed by atoms with E-state index in [4.69, 9.17) is 4.74 Å². The molecule has 1 aromatic rings. The lowest BCUT2D eigenvalue weighted by Gasteiger charge is -2.23. The van der Waals surface area contributed by atoms with Gasteiger partial charge in [0.2, 0.25) is 5.91 Å². The second kappa shape index (κ2) is 6.61. The van der Waals surface area contributed by atoms with Gasteiger partial charge in [-0.25, -0.2) is 0 Å². The summed E-state index contributed by atoms with van der Waals surface area (Å²) in [6, 6.07) is 7.52. The maximum Gasteiger partial charge on any atom is 0.307 e. The van der Waals surface area contributed by atoms with Crippen LogP contribution in [0.1, 0.15) is 24.8 Å². The Balaban J connectivity index is 2.00. The Morgan fingerprint density at radius 1 is 1.24 bits per heavy atom. The molecule has 1 saturated carbocycles. The van der Waals surface area contributed by atoms with Crippen molar-refractivity contribution in [2.75, 3.05) is 14.2 Å². The minimum atomic E-state index is -0.858. The predicted molar refractivity (Wildman–Crippen MR) is 77.9 cm³/mol. The minimum Gasteiger partial charge on any atom is -0.497 e. The number of carboxylic acids is 1. The first-order valence-corrected chi connectivity index (χ1v) is 7.13. The highest BCUT2D eigenvalue weighted by atomic mass is 16.5. The van der Waals surface area contributed by atoms with Gasteiger partial charge in [-0.2, -0.15) is 0 Å². The highest BCUT2D eigenvalue weighted by molar-refractivity contribution is 5.85. The van der Waals surface area contributed by atoms with Crippen molar-refractivity contribution in [1.82, 2.24) is 4.90 Å². The summed E-state index contributed by atoms with van der Waals surface area (Å²) in [5.74, 6) is -1.07.